The van der Waals surface area contributed by atoms with Gasteiger partial charge in [0.1, 0.15) is 28.8 Å². The third-order valence-corrected chi connectivity index (χ3v) is 15.6. The van der Waals surface area contributed by atoms with E-state index >= 15 is 0 Å². The zero-order valence-corrected chi connectivity index (χ0v) is 55.3. The number of nitrogens with two attached hydrogens (primary N) is 7. The number of aromatic nitrogens is 5. The summed E-state index contributed by atoms with van der Waals surface area (Å²) in [4.78, 5) is 35.8. The number of aliphatic hydroxyl groups excluding tert-OH is 1. The molecule has 5 aromatic heterocycles. The van der Waals surface area contributed by atoms with Crippen molar-refractivity contribution in [3.63, 3.8) is 0 Å². The molecule has 22 heteroatoms. The lowest BCUT2D eigenvalue weighted by molar-refractivity contribution is 0.0869. The first-order valence-corrected chi connectivity index (χ1v) is 31.5. The fourth-order valence-corrected chi connectivity index (χ4v) is 10.1. The third-order valence-electron chi connectivity index (χ3n) is 15.6. The number of benzene rings is 7. The van der Waals surface area contributed by atoms with Gasteiger partial charge < -0.3 is 71.1 Å². The first-order valence-electron chi connectivity index (χ1n) is 31.5. The molecule has 7 aromatic carbocycles. The first kappa shape index (κ1) is 71.3. The van der Waals surface area contributed by atoms with Crippen molar-refractivity contribution in [3.8, 4) is 47.4 Å². The number of nitrogens with one attached hydrogen (secondary N) is 1. The Bertz CT molecular complexity index is 5180. The van der Waals surface area contributed by atoms with Crippen LogP contribution in [-0.2, 0) is 0 Å². The molecule has 0 saturated heterocycles. The summed E-state index contributed by atoms with van der Waals surface area (Å²) in [5.41, 5.74) is 51.3. The number of oxime groups is 3. The summed E-state index contributed by atoms with van der Waals surface area (Å²) in [7, 11) is 0. The largest absolute Gasteiger partial charge is 0.409 e. The lowest BCUT2D eigenvalue weighted by atomic mass is 10.0. The number of nitrogen functional groups attached to an aromatic ring is 4. The van der Waals surface area contributed by atoms with Crippen LogP contribution in [-0.4, -0.2) is 106 Å². The van der Waals surface area contributed by atoms with Crippen molar-refractivity contribution in [3.05, 3.63) is 279 Å². The second-order valence-electron chi connectivity index (χ2n) is 22.3. The van der Waals surface area contributed by atoms with Crippen molar-refractivity contribution in [2.45, 2.75) is 26.9 Å². The molecule has 12 aromatic rings. The fraction of sp³-hybridized carbons (Fsp3) is 0.101. The molecule has 0 aliphatic carbocycles. The number of rotatable bonds is 10. The zero-order chi connectivity index (χ0) is 71.8. The Morgan fingerprint density at radius 3 is 1.36 bits per heavy atom. The second kappa shape index (κ2) is 34.6. The normalized spacial score (nSPS) is 11.3. The highest BCUT2D eigenvalue weighted by Gasteiger charge is 2.14. The second-order valence-corrected chi connectivity index (χ2v) is 22.3. The Morgan fingerprint density at radius 2 is 0.871 bits per heavy atom. The maximum atomic E-state index is 12.6. The lowest BCUT2D eigenvalue weighted by Crippen LogP contribution is -2.40. The smallest absolute Gasteiger partial charge is 0.251 e. The molecule has 0 aliphatic rings. The van der Waals surface area contributed by atoms with Gasteiger partial charge in [0, 0.05) is 120 Å². The highest BCUT2D eigenvalue weighted by molar-refractivity contribution is 6.00. The van der Waals surface area contributed by atoms with Crippen LogP contribution in [0, 0.1) is 54.3 Å². The lowest BCUT2D eigenvalue weighted by Gasteiger charge is -2.22. The summed E-state index contributed by atoms with van der Waals surface area (Å²) >= 11 is 0. The minimum absolute atomic E-state index is 0.0595. The van der Waals surface area contributed by atoms with E-state index in [0.717, 1.165) is 101 Å². The van der Waals surface area contributed by atoms with Crippen LogP contribution in [0.3, 0.4) is 0 Å². The number of amidine groups is 3. The van der Waals surface area contributed by atoms with Gasteiger partial charge in [-0.05, 0) is 135 Å². The number of fused-ring (bicyclic) bond motifs is 4. The third kappa shape index (κ3) is 18.9. The van der Waals surface area contributed by atoms with Gasteiger partial charge in [0.15, 0.2) is 17.5 Å². The number of carbonyl (C=O) groups excluding carboxylic acids is 1. The van der Waals surface area contributed by atoms with E-state index in [4.69, 9.17) is 55.8 Å². The fourth-order valence-electron chi connectivity index (χ4n) is 10.1. The van der Waals surface area contributed by atoms with Crippen molar-refractivity contribution < 1.29 is 25.5 Å². The highest BCUT2D eigenvalue weighted by Crippen LogP contribution is 2.25. The van der Waals surface area contributed by atoms with Gasteiger partial charge in [-0.3, -0.25) is 9.78 Å². The Labute approximate surface area is 583 Å². The van der Waals surface area contributed by atoms with E-state index in [-0.39, 0.29) is 30.0 Å². The van der Waals surface area contributed by atoms with Crippen LogP contribution in [0.25, 0.3) is 43.4 Å². The summed E-state index contributed by atoms with van der Waals surface area (Å²) < 4.78 is 0. The molecule has 0 radical (unpaired) electrons. The van der Waals surface area contributed by atoms with E-state index in [1.807, 2.05) is 136 Å². The average Bonchev–Trinajstić information content (AvgIpc) is 0.841. The molecule has 5 heterocycles. The number of hydrogen-bond acceptors (Lipinski definition) is 18. The minimum atomic E-state index is -0.616. The van der Waals surface area contributed by atoms with Crippen molar-refractivity contribution in [2.75, 3.05) is 49.1 Å². The Morgan fingerprint density at radius 1 is 0.465 bits per heavy atom. The molecule has 1 unspecified atom stereocenters. The van der Waals surface area contributed by atoms with E-state index in [0.29, 0.717) is 57.6 Å². The number of aryl methyl sites for hydroxylation is 1. The molecule has 0 saturated carbocycles. The number of carbonyl (C=O) groups is 1. The number of pyridine rings is 5. The topological polar surface area (TPSA) is 397 Å². The quantitative estimate of drug-likeness (QED) is 0.0199. The molecule has 101 heavy (non-hydrogen) atoms. The minimum Gasteiger partial charge on any atom is -0.409 e. The maximum absolute atomic E-state index is 12.6. The summed E-state index contributed by atoms with van der Waals surface area (Å²) in [5.74, 6) is 26.7. The van der Waals surface area contributed by atoms with Gasteiger partial charge in [0.25, 0.3) is 5.91 Å². The van der Waals surface area contributed by atoms with Crippen molar-refractivity contribution >= 4 is 90.0 Å². The highest BCUT2D eigenvalue weighted by atomic mass is 16.4. The van der Waals surface area contributed by atoms with Crippen molar-refractivity contribution in [1.29, 1.82) is 0 Å². The number of nitrogens with zero attached hydrogens (tertiary/aromatic N) is 9. The number of para-hydroxylation sites is 1. The summed E-state index contributed by atoms with van der Waals surface area (Å²) in [6.45, 7) is 8.51. The van der Waals surface area contributed by atoms with Crippen molar-refractivity contribution in [2.24, 2.45) is 32.7 Å². The number of anilines is 4. The molecule has 0 bridgehead atoms. The predicted octanol–water partition coefficient (Wildman–Crippen LogP) is 9.29. The number of likely N-dealkylation sites (N-methyl/N-ethyl adjacent to an activating group) is 1. The van der Waals surface area contributed by atoms with E-state index in [2.05, 4.69) is 98.0 Å². The van der Waals surface area contributed by atoms with Gasteiger partial charge in [-0.15, -0.1) is 0 Å². The number of aliphatic hydroxyl groups is 1. The van der Waals surface area contributed by atoms with Crippen LogP contribution in [0.5, 0.6) is 0 Å². The monoisotopic (exact) mass is 1340 g/mol. The average molecular weight is 1340 g/mol. The van der Waals surface area contributed by atoms with Crippen LogP contribution in [0.1, 0.15) is 91.0 Å². The zero-order valence-electron chi connectivity index (χ0n) is 55.3. The van der Waals surface area contributed by atoms with Crippen LogP contribution < -0.4 is 45.5 Å². The SMILES string of the molecule is CCN(CC)CC(O)CNC(=O)c1ccc(C)c(C#Cc2cnc(N)c3ccccc23)c1.NC(=NO)c1ccc(C#Cc2cc(N)nc3ccccc23)cc1.NC(=NO)c1ccc(C#Cc2cnc(N)c3ccccc23)cc1.NC(=NO)c1ccc(C#Cc2cnc(N)c3ncccc23)cc1. The van der Waals surface area contributed by atoms with Gasteiger partial charge in [0.05, 0.1) is 28.3 Å². The standard InChI is InChI=1S/C26H30N4O2.2C18H14N4O.C17H13N5O/c1-4-30(5-2)17-22(31)16-29-26(32)20-11-10-18(3)19(14-20)12-13-21-15-28-25(27)24-9-7-6-8-23(21)24;19-17(22-23)13-8-5-12(6-9-13)7-10-14-11-21-18(20)16-4-2-1-3-15(14)16;19-17-11-14(15-3-1-2-4-16(15)21-17)10-7-12-5-8-13(9-6-12)18(20)22-23;18-16(22-23)12-6-3-11(4-7-12)5-8-13-10-21-17(19)15-14(13)2-1-9-20-15/h6-11,14-15,22,31H,4-5,16-17H2,1-3H3,(H2,27,28)(H,29,32);1-6,8-9,11,23H,(H2,19,22)(H2,20,21);1-6,8-9,11,23H,(H2,19,21)(H2,20,22);1-4,6-7,9-10,23H,(H2,18,22)(H2,19,21). The van der Waals surface area contributed by atoms with E-state index < -0.39 is 6.10 Å². The molecule has 0 aliphatic heterocycles. The Balaban J connectivity index is 0.000000159. The Hall–Kier alpha value is -14.0. The number of hydrogen-bond donors (Lipinski definition) is 12. The van der Waals surface area contributed by atoms with Crippen LogP contribution in [0.2, 0.25) is 0 Å². The van der Waals surface area contributed by atoms with Crippen LogP contribution >= 0.6 is 0 Å². The van der Waals surface area contributed by atoms with Gasteiger partial charge in [0.2, 0.25) is 0 Å². The molecule has 22 nitrogen and oxygen atoms in total. The molecule has 0 fully saturated rings. The molecular formula is C79H71N17O5. The number of amides is 1. The summed E-state index contributed by atoms with van der Waals surface area (Å²) in [6, 6.07) is 55.5. The maximum Gasteiger partial charge on any atom is 0.251 e. The molecular weight excluding hydrogens is 1270 g/mol. The molecule has 19 N–H and O–H groups in total. The molecule has 12 rings (SSSR count). The molecule has 502 valence electrons. The van der Waals surface area contributed by atoms with Gasteiger partial charge >= 0.3 is 0 Å². The van der Waals surface area contributed by atoms with Gasteiger partial charge in [-0.25, -0.2) is 19.9 Å². The van der Waals surface area contributed by atoms with Crippen LogP contribution in [0.15, 0.2) is 222 Å². The van der Waals surface area contributed by atoms with E-state index in [9.17, 15) is 9.90 Å². The summed E-state index contributed by atoms with van der Waals surface area (Å²) in [5, 5.41) is 53.3. The van der Waals surface area contributed by atoms with Gasteiger partial charge in [-0.1, -0.05) is 149 Å². The first-order chi connectivity index (χ1) is 49.0. The predicted molar refractivity (Wildman–Crippen MR) is 401 cm³/mol. The summed E-state index contributed by atoms with van der Waals surface area (Å²) in [6.07, 6.45) is 6.04. The van der Waals surface area contributed by atoms with Gasteiger partial charge in [-0.2, -0.15) is 0 Å². The molecule has 1 amide bonds. The van der Waals surface area contributed by atoms with Crippen molar-refractivity contribution in [1.82, 2.24) is 35.1 Å². The van der Waals surface area contributed by atoms with E-state index in [1.165, 1.54) is 0 Å². The Kier molecular flexibility index (Phi) is 24.4. The van der Waals surface area contributed by atoms with Crippen LogP contribution in [0.4, 0.5) is 23.3 Å². The van der Waals surface area contributed by atoms with E-state index in [1.54, 1.807) is 91.5 Å². The molecule has 1 atom stereocenters. The molecule has 0 spiro atoms.